The number of rotatable bonds is 35. The molecule has 10 amide bonds. The number of aromatic nitrogens is 5. The molecule has 2 saturated heterocycles. The zero-order chi connectivity index (χ0) is 95.9. The molecule has 0 unspecified atom stereocenters. The van der Waals surface area contributed by atoms with E-state index in [4.69, 9.17) is 28.1 Å². The fraction of sp³-hybridized carbons (Fsp3) is 0.480. The van der Waals surface area contributed by atoms with Gasteiger partial charge in [-0.15, -0.1) is 16.8 Å². The molecular weight excluding hydrogens is 1680 g/mol. The summed E-state index contributed by atoms with van der Waals surface area (Å²) in [6.07, 6.45) is 3.77. The molecule has 7 N–H and O–H groups in total. The number of H-pyrrole nitrogens is 1. The number of likely N-dealkylation sites (N-methyl/N-ethyl adjacent to an activating group) is 2. The van der Waals surface area contributed by atoms with Gasteiger partial charge in [0.05, 0.1) is 12.2 Å². The van der Waals surface area contributed by atoms with Crippen LogP contribution in [0.3, 0.4) is 0 Å². The second kappa shape index (κ2) is 42.6. The highest BCUT2D eigenvalue weighted by atomic mass is 16.6. The minimum absolute atomic E-state index is 0.0555. The Hall–Kier alpha value is -13.2. The average molecular weight is 1800 g/mol. The van der Waals surface area contributed by atoms with Gasteiger partial charge in [0.25, 0.3) is 0 Å². The lowest BCUT2D eigenvalue weighted by Crippen LogP contribution is -2.61. The second-order valence-electron chi connectivity index (χ2n) is 39.0. The SMILES string of the molecule is C=CCOc1ccc(C[C@H](NC(=O)[C@H](Cc2ccc3ccccc3c2)NC(=O)[C@@H]2C[C@H](n3cc(COc4ccc(C[C@H](NC(=O)[C@H](Cc5ccc6ccccc6c5)NC(=O)[C@@H]5C[C@H](CC=C)CN5C(=O)[C@@H](NC(=O)[C@H](C)N(C)C(=O)OC(C)(C)C)C(C)(C)C)C(=O)OC(C)(C)C)cc4)nn3)CN2C(=O)[C@@H](NC(=O)[C@H](C)N(C)C(=O)OC(C)(C)C)C(C)(C)C)c2n[nH]c(=O)o2)cc1. The Morgan fingerprint density at radius 1 is 0.511 bits per heavy atom. The van der Waals surface area contributed by atoms with Crippen molar-refractivity contribution < 1.29 is 80.8 Å². The van der Waals surface area contributed by atoms with E-state index < -0.39 is 165 Å². The summed E-state index contributed by atoms with van der Waals surface area (Å²) in [6, 6.07) is 27.3. The van der Waals surface area contributed by atoms with Crippen molar-refractivity contribution in [2.45, 2.75) is 253 Å². The molecule has 2 fully saturated rings. The number of likely N-dealkylation sites (tertiary alicyclic amines) is 2. The van der Waals surface area contributed by atoms with E-state index in [2.05, 4.69) is 65.6 Å². The van der Waals surface area contributed by atoms with Gasteiger partial charge in [-0.2, -0.15) is 0 Å². The number of hydrogen-bond acceptors (Lipinski definition) is 21. The minimum atomic E-state index is -1.36. The van der Waals surface area contributed by atoms with Crippen molar-refractivity contribution in [3.8, 4) is 11.5 Å². The van der Waals surface area contributed by atoms with Gasteiger partial charge < -0.3 is 69.8 Å². The Bertz CT molecular complexity index is 5500. The zero-order valence-corrected chi connectivity index (χ0v) is 78.5. The number of hydrogen-bond donors (Lipinski definition) is 7. The van der Waals surface area contributed by atoms with E-state index in [0.29, 0.717) is 45.9 Å². The molecule has 12 atom stereocenters. The highest BCUT2D eigenvalue weighted by Gasteiger charge is 2.50. The van der Waals surface area contributed by atoms with Gasteiger partial charge >= 0.3 is 23.9 Å². The molecule has 2 aromatic heterocycles. The smallest absolute Gasteiger partial charge is 0.434 e. The molecule has 0 aliphatic carbocycles. The van der Waals surface area contributed by atoms with Crippen LogP contribution in [0.1, 0.15) is 183 Å². The number of benzene rings is 6. The van der Waals surface area contributed by atoms with Crippen LogP contribution in [-0.2, 0) is 89.7 Å². The molecule has 131 heavy (non-hydrogen) atoms. The summed E-state index contributed by atoms with van der Waals surface area (Å²) >= 11 is 0. The van der Waals surface area contributed by atoms with Gasteiger partial charge in [0.15, 0.2) is 0 Å². The van der Waals surface area contributed by atoms with Crippen LogP contribution in [-0.4, -0.2) is 215 Å². The monoisotopic (exact) mass is 1800 g/mol. The van der Waals surface area contributed by atoms with Crippen molar-refractivity contribution in [3.05, 3.63) is 209 Å². The first-order valence-electron chi connectivity index (χ1n) is 44.2. The van der Waals surface area contributed by atoms with Crippen LogP contribution >= 0.6 is 0 Å². The van der Waals surface area contributed by atoms with Crippen LogP contribution in [0, 0.1) is 16.7 Å². The highest BCUT2D eigenvalue weighted by molar-refractivity contribution is 5.99. The third-order valence-corrected chi connectivity index (χ3v) is 22.7. The number of aromatic amines is 1. The first kappa shape index (κ1) is 99.9. The maximum absolute atomic E-state index is 15.7. The maximum atomic E-state index is 15.7. The Kier molecular flexibility index (Phi) is 32.5. The zero-order valence-electron chi connectivity index (χ0n) is 78.5. The van der Waals surface area contributed by atoms with E-state index in [1.807, 2.05) is 84.9 Å². The summed E-state index contributed by atoms with van der Waals surface area (Å²) in [5.74, 6) is -6.48. The van der Waals surface area contributed by atoms with Gasteiger partial charge in [-0.1, -0.05) is 175 Å². The Labute approximate surface area is 764 Å². The number of allylic oxidation sites excluding steroid dienone is 1. The molecule has 4 heterocycles. The fourth-order valence-corrected chi connectivity index (χ4v) is 15.5. The van der Waals surface area contributed by atoms with Crippen molar-refractivity contribution in [1.29, 1.82) is 0 Å². The van der Waals surface area contributed by atoms with Crippen molar-refractivity contribution in [3.63, 3.8) is 0 Å². The van der Waals surface area contributed by atoms with Crippen LogP contribution in [0.2, 0.25) is 0 Å². The Balaban J connectivity index is 0.896. The summed E-state index contributed by atoms with van der Waals surface area (Å²) in [4.78, 5) is 179. The number of nitrogens with zero attached hydrogens (tertiary/aromatic N) is 8. The molecule has 702 valence electrons. The van der Waals surface area contributed by atoms with E-state index in [1.54, 1.807) is 171 Å². The molecule has 0 radical (unpaired) electrons. The summed E-state index contributed by atoms with van der Waals surface area (Å²) < 4.78 is 36.1. The first-order valence-corrected chi connectivity index (χ1v) is 44.2. The molecule has 0 saturated carbocycles. The summed E-state index contributed by atoms with van der Waals surface area (Å²) in [5, 5.41) is 36.6. The number of fused-ring (bicyclic) bond motifs is 2. The predicted octanol–water partition coefficient (Wildman–Crippen LogP) is 10.8. The normalized spacial score (nSPS) is 17.2. The van der Waals surface area contributed by atoms with E-state index >= 15 is 28.8 Å². The quantitative estimate of drug-likeness (QED) is 0.0110. The van der Waals surface area contributed by atoms with Crippen LogP contribution in [0.5, 0.6) is 11.5 Å². The standard InChI is InChI=1S/C98H127N15O18/c1-22-28-64-52-77(111(54-64)88(120)79(94(5,6)7)103-81(114)58(3)109(20)92(124)130-97(14,15)16)85(118)99-74(51-63-34-40-66-30-25-27-32-68(66)47-63)84(117)102-76(90(122)129-96(11,12)13)49-61-37-43-72(44-38-61)127-57-69-55-113(108-105-69)70-53-78(112(56-70)89(121)80(95(8,9)10)104-82(115)59(4)110(21)93(125)131-98(17,18)19)86(119)100-73(50-62-33-39-65-29-24-26-31-67(65)46-62)83(116)101-75(87-106-107-91(123)128-87)48-60-35-41-71(42-36-60)126-45-23-2/h22-27,29-44,46-47,55,58-59,64,70,73-80H,1-2,28,45,48-54,56-57H2,3-21H3,(H,99,118)(H,100,119)(H,101,116)(H,102,117)(H,103,114)(H,104,115)(H,107,123)/t58-,59-,64-,70-,73-,74-,75-,76-,77-,78-,79+,80+/m0/s1. The van der Waals surface area contributed by atoms with Crippen molar-refractivity contribution in [2.75, 3.05) is 33.8 Å². The van der Waals surface area contributed by atoms with Crippen molar-refractivity contribution in [2.24, 2.45) is 16.7 Å². The third kappa shape index (κ3) is 27.7. The van der Waals surface area contributed by atoms with Crippen LogP contribution in [0.25, 0.3) is 21.5 Å². The summed E-state index contributed by atoms with van der Waals surface area (Å²) in [7, 11) is 2.83. The van der Waals surface area contributed by atoms with Gasteiger partial charge in [0.1, 0.15) is 108 Å². The first-order chi connectivity index (χ1) is 61.5. The molecule has 33 nitrogen and oxygen atoms in total. The van der Waals surface area contributed by atoms with Crippen LogP contribution in [0.4, 0.5) is 9.59 Å². The lowest BCUT2D eigenvalue weighted by molar-refractivity contribution is -0.158. The topological polar surface area (TPSA) is 409 Å². The van der Waals surface area contributed by atoms with Gasteiger partial charge in [-0.25, -0.2) is 29.0 Å². The van der Waals surface area contributed by atoms with Crippen molar-refractivity contribution >= 4 is 87.0 Å². The number of amides is 10. The number of esters is 1. The average Bonchev–Trinajstić information content (AvgIpc) is 1.61. The van der Waals surface area contributed by atoms with Gasteiger partial charge in [-0.3, -0.25) is 48.2 Å². The number of ether oxygens (including phenoxy) is 5. The molecule has 10 rings (SSSR count). The number of carbonyl (C=O) groups excluding carboxylic acids is 11. The predicted molar refractivity (Wildman–Crippen MR) is 493 cm³/mol. The molecule has 33 heteroatoms. The molecule has 0 spiro atoms. The largest absolute Gasteiger partial charge is 0.490 e. The van der Waals surface area contributed by atoms with Gasteiger partial charge in [0, 0.05) is 59.3 Å². The minimum Gasteiger partial charge on any atom is -0.490 e. The molecule has 2 aliphatic rings. The van der Waals surface area contributed by atoms with Crippen LogP contribution < -0.4 is 47.1 Å². The maximum Gasteiger partial charge on any atom is 0.434 e. The van der Waals surface area contributed by atoms with E-state index in [0.717, 1.165) is 31.3 Å². The van der Waals surface area contributed by atoms with Crippen LogP contribution in [0.15, 0.2) is 174 Å². The van der Waals surface area contributed by atoms with E-state index in [9.17, 15) is 28.8 Å². The highest BCUT2D eigenvalue weighted by Crippen LogP contribution is 2.35. The van der Waals surface area contributed by atoms with Gasteiger partial charge in [-0.05, 0) is 174 Å². The van der Waals surface area contributed by atoms with Gasteiger partial charge in [0.2, 0.25) is 53.1 Å². The lowest BCUT2D eigenvalue weighted by Gasteiger charge is -2.37. The molecule has 0 bridgehead atoms. The summed E-state index contributed by atoms with van der Waals surface area (Å²) in [5.41, 5.74) is -1.81. The molecular formula is C98H127N15O18. The number of carbonyl (C=O) groups is 11. The third-order valence-electron chi connectivity index (χ3n) is 22.7. The number of nitrogens with one attached hydrogen (secondary N) is 7. The van der Waals surface area contributed by atoms with E-state index in [1.165, 1.54) is 42.4 Å². The molecule has 6 aromatic carbocycles. The lowest BCUT2D eigenvalue weighted by atomic mass is 9.85. The Morgan fingerprint density at radius 2 is 0.954 bits per heavy atom. The second-order valence-corrected chi connectivity index (χ2v) is 39.0. The summed E-state index contributed by atoms with van der Waals surface area (Å²) in [6.45, 7) is 36.6. The van der Waals surface area contributed by atoms with E-state index in [-0.39, 0.29) is 76.6 Å². The van der Waals surface area contributed by atoms with Crippen molar-refractivity contribution in [1.82, 2.24) is 76.7 Å². The Morgan fingerprint density at radius 3 is 1.41 bits per heavy atom. The molecule has 8 aromatic rings. The molecule has 2 aliphatic heterocycles. The fourth-order valence-electron chi connectivity index (χ4n) is 15.5.